The van der Waals surface area contributed by atoms with Crippen LogP contribution in [0.1, 0.15) is 10.4 Å². The highest BCUT2D eigenvalue weighted by Crippen LogP contribution is 2.31. The molecule has 2 aromatic rings. The van der Waals surface area contributed by atoms with Crippen LogP contribution < -0.4 is 16.4 Å². The molecule has 5 nitrogen and oxygen atoms in total. The standard InChI is InChI=1S/C17H18N4OS/c18-13-6-2-4-8-15(13)23-10-11-9-19-17-20-14-7-3-1-5-12(14)16(22)21(11)17/h1-8,11,17,19-20H,9-10,18H2/t11-,17+/m1/s1. The zero-order chi connectivity index (χ0) is 15.8. The number of thioether (sulfide) groups is 1. The van der Waals surface area contributed by atoms with Crippen molar-refractivity contribution in [3.63, 3.8) is 0 Å². The molecule has 4 rings (SSSR count). The zero-order valence-corrected chi connectivity index (χ0v) is 13.3. The molecule has 0 spiro atoms. The number of amides is 1. The Morgan fingerprint density at radius 3 is 2.83 bits per heavy atom. The van der Waals surface area contributed by atoms with E-state index in [1.807, 2.05) is 53.4 Å². The lowest BCUT2D eigenvalue weighted by molar-refractivity contribution is 0.0684. The van der Waals surface area contributed by atoms with Crippen LogP contribution in [0.3, 0.4) is 0 Å². The van der Waals surface area contributed by atoms with Crippen molar-refractivity contribution in [2.45, 2.75) is 17.2 Å². The minimum absolute atomic E-state index is 0.0842. The first-order valence-corrected chi connectivity index (χ1v) is 8.61. The van der Waals surface area contributed by atoms with Gasteiger partial charge in [0.2, 0.25) is 0 Å². The SMILES string of the molecule is Nc1ccccc1SC[C@H]1CN[C@H]2Nc3ccccc3C(=O)N12. The highest BCUT2D eigenvalue weighted by molar-refractivity contribution is 7.99. The maximum Gasteiger partial charge on any atom is 0.258 e. The van der Waals surface area contributed by atoms with Crippen LogP contribution in [0.4, 0.5) is 11.4 Å². The van der Waals surface area contributed by atoms with Gasteiger partial charge in [-0.15, -0.1) is 11.8 Å². The number of hydrogen-bond acceptors (Lipinski definition) is 5. The van der Waals surface area contributed by atoms with E-state index in [-0.39, 0.29) is 18.2 Å². The van der Waals surface area contributed by atoms with Crippen LogP contribution in [-0.4, -0.2) is 35.4 Å². The van der Waals surface area contributed by atoms with Crippen molar-refractivity contribution in [3.05, 3.63) is 54.1 Å². The minimum atomic E-state index is -0.129. The van der Waals surface area contributed by atoms with Crippen LogP contribution in [0.5, 0.6) is 0 Å². The second-order valence-corrected chi connectivity index (χ2v) is 6.78. The Balaban J connectivity index is 1.52. The molecule has 2 aliphatic rings. The van der Waals surface area contributed by atoms with Gasteiger partial charge in [0, 0.05) is 28.6 Å². The van der Waals surface area contributed by atoms with Gasteiger partial charge in [0.25, 0.3) is 5.91 Å². The monoisotopic (exact) mass is 326 g/mol. The quantitative estimate of drug-likeness (QED) is 0.596. The molecule has 2 aromatic carbocycles. The molecule has 1 saturated heterocycles. The van der Waals surface area contributed by atoms with E-state index in [2.05, 4.69) is 10.6 Å². The Hall–Kier alpha value is -2.18. The van der Waals surface area contributed by atoms with Crippen molar-refractivity contribution >= 4 is 29.0 Å². The molecule has 0 saturated carbocycles. The van der Waals surface area contributed by atoms with Gasteiger partial charge in [0.05, 0.1) is 11.6 Å². The highest BCUT2D eigenvalue weighted by atomic mass is 32.2. The van der Waals surface area contributed by atoms with Crippen LogP contribution in [0.15, 0.2) is 53.4 Å². The van der Waals surface area contributed by atoms with Gasteiger partial charge < -0.3 is 16.0 Å². The maximum absolute atomic E-state index is 12.8. The fraction of sp³-hybridized carbons (Fsp3) is 0.235. The molecule has 1 fully saturated rings. The number of nitrogen functional groups attached to an aromatic ring is 1. The van der Waals surface area contributed by atoms with E-state index in [1.165, 1.54) is 0 Å². The number of fused-ring (bicyclic) bond motifs is 2. The minimum Gasteiger partial charge on any atom is -0.398 e. The molecule has 0 unspecified atom stereocenters. The topological polar surface area (TPSA) is 70.4 Å². The van der Waals surface area contributed by atoms with Gasteiger partial charge in [0.15, 0.2) is 6.29 Å². The van der Waals surface area contributed by atoms with Gasteiger partial charge in [-0.2, -0.15) is 0 Å². The van der Waals surface area contributed by atoms with E-state index in [9.17, 15) is 4.79 Å². The zero-order valence-electron chi connectivity index (χ0n) is 12.5. The Kier molecular flexibility index (Phi) is 3.63. The number of benzene rings is 2. The average Bonchev–Trinajstić information content (AvgIpc) is 2.98. The molecule has 4 N–H and O–H groups in total. The summed E-state index contributed by atoms with van der Waals surface area (Å²) in [6.07, 6.45) is -0.129. The fourth-order valence-corrected chi connectivity index (χ4v) is 4.14. The number of anilines is 2. The molecule has 0 aliphatic carbocycles. The van der Waals surface area contributed by atoms with E-state index < -0.39 is 0 Å². The third-order valence-corrected chi connectivity index (χ3v) is 5.49. The van der Waals surface area contributed by atoms with E-state index in [0.29, 0.717) is 0 Å². The van der Waals surface area contributed by atoms with Crippen LogP contribution in [0.2, 0.25) is 0 Å². The second kappa shape index (κ2) is 5.79. The first-order valence-electron chi connectivity index (χ1n) is 7.63. The number of nitrogens with two attached hydrogens (primary N) is 1. The number of para-hydroxylation sites is 2. The fourth-order valence-electron chi connectivity index (χ4n) is 3.08. The maximum atomic E-state index is 12.8. The van der Waals surface area contributed by atoms with Crippen LogP contribution >= 0.6 is 11.8 Å². The molecule has 2 aliphatic heterocycles. The first-order chi connectivity index (χ1) is 11.2. The second-order valence-electron chi connectivity index (χ2n) is 5.72. The first kappa shape index (κ1) is 14.4. The number of rotatable bonds is 3. The Labute approximate surface area is 139 Å². The van der Waals surface area contributed by atoms with Gasteiger partial charge in [-0.1, -0.05) is 24.3 Å². The van der Waals surface area contributed by atoms with Crippen LogP contribution in [0, 0.1) is 0 Å². The number of nitrogens with one attached hydrogen (secondary N) is 2. The molecule has 23 heavy (non-hydrogen) atoms. The summed E-state index contributed by atoms with van der Waals surface area (Å²) >= 11 is 1.70. The normalized spacial score (nSPS) is 22.4. The summed E-state index contributed by atoms with van der Waals surface area (Å²) in [5, 5.41) is 6.77. The molecule has 0 radical (unpaired) electrons. The lowest BCUT2D eigenvalue weighted by Gasteiger charge is -2.35. The summed E-state index contributed by atoms with van der Waals surface area (Å²) in [6, 6.07) is 15.6. The predicted molar refractivity (Wildman–Crippen MR) is 93.4 cm³/mol. The van der Waals surface area contributed by atoms with Crippen molar-refractivity contribution in [1.29, 1.82) is 0 Å². The van der Waals surface area contributed by atoms with Crippen molar-refractivity contribution in [2.75, 3.05) is 23.3 Å². The number of carbonyl (C=O) groups is 1. The Morgan fingerprint density at radius 2 is 1.96 bits per heavy atom. The molecule has 2 atom stereocenters. The van der Waals surface area contributed by atoms with E-state index in [1.54, 1.807) is 11.8 Å². The van der Waals surface area contributed by atoms with Gasteiger partial charge >= 0.3 is 0 Å². The molecule has 2 heterocycles. The number of carbonyl (C=O) groups excluding carboxylic acids is 1. The summed E-state index contributed by atoms with van der Waals surface area (Å²) in [6.45, 7) is 0.775. The lowest BCUT2D eigenvalue weighted by atomic mass is 10.1. The summed E-state index contributed by atoms with van der Waals surface area (Å²) in [5.41, 5.74) is 8.42. The molecule has 6 heteroatoms. The third kappa shape index (κ3) is 2.54. The van der Waals surface area contributed by atoms with Crippen molar-refractivity contribution in [2.24, 2.45) is 0 Å². The third-order valence-electron chi connectivity index (χ3n) is 4.25. The Bertz CT molecular complexity index is 751. The summed E-state index contributed by atoms with van der Waals surface area (Å²) in [4.78, 5) is 15.8. The van der Waals surface area contributed by atoms with Gasteiger partial charge in [0.1, 0.15) is 0 Å². The lowest BCUT2D eigenvalue weighted by Crippen LogP contribution is -2.51. The molecular weight excluding hydrogens is 308 g/mol. The van der Waals surface area contributed by atoms with Crippen molar-refractivity contribution in [1.82, 2.24) is 10.2 Å². The Morgan fingerprint density at radius 1 is 1.17 bits per heavy atom. The summed E-state index contributed by atoms with van der Waals surface area (Å²) in [7, 11) is 0. The molecule has 0 aromatic heterocycles. The van der Waals surface area contributed by atoms with Crippen LogP contribution in [0.25, 0.3) is 0 Å². The van der Waals surface area contributed by atoms with Crippen molar-refractivity contribution in [3.8, 4) is 0 Å². The van der Waals surface area contributed by atoms with Crippen LogP contribution in [-0.2, 0) is 0 Å². The highest BCUT2D eigenvalue weighted by Gasteiger charge is 2.40. The van der Waals surface area contributed by atoms with Crippen molar-refractivity contribution < 1.29 is 4.79 Å². The number of hydrogen-bond donors (Lipinski definition) is 3. The smallest absolute Gasteiger partial charge is 0.258 e. The molecular formula is C17H18N4OS. The summed E-state index contributed by atoms with van der Waals surface area (Å²) < 4.78 is 0. The van der Waals surface area contributed by atoms with E-state index in [0.717, 1.165) is 34.1 Å². The van der Waals surface area contributed by atoms with Gasteiger partial charge in [-0.3, -0.25) is 10.1 Å². The van der Waals surface area contributed by atoms with Gasteiger partial charge in [-0.25, -0.2) is 0 Å². The van der Waals surface area contributed by atoms with E-state index in [4.69, 9.17) is 5.73 Å². The number of nitrogens with zero attached hydrogens (tertiary/aromatic N) is 1. The molecule has 0 bridgehead atoms. The largest absolute Gasteiger partial charge is 0.398 e. The predicted octanol–water partition coefficient (Wildman–Crippen LogP) is 2.18. The summed E-state index contributed by atoms with van der Waals surface area (Å²) in [5.74, 6) is 0.897. The van der Waals surface area contributed by atoms with Gasteiger partial charge in [-0.05, 0) is 24.3 Å². The van der Waals surface area contributed by atoms with E-state index >= 15 is 0 Å². The molecule has 118 valence electrons. The molecule has 1 amide bonds. The average molecular weight is 326 g/mol.